The van der Waals surface area contributed by atoms with Gasteiger partial charge in [-0.2, -0.15) is 0 Å². The molecule has 0 bridgehead atoms. The third-order valence-electron chi connectivity index (χ3n) is 3.64. The fourth-order valence-corrected chi connectivity index (χ4v) is 2.74. The highest BCUT2D eigenvalue weighted by molar-refractivity contribution is 7.98. The van der Waals surface area contributed by atoms with E-state index in [-0.39, 0.29) is 0 Å². The van der Waals surface area contributed by atoms with Gasteiger partial charge in [0.25, 0.3) is 0 Å². The third-order valence-corrected chi connectivity index (χ3v) is 4.19. The zero-order valence-corrected chi connectivity index (χ0v) is 14.6. The smallest absolute Gasteiger partial charge is 0.188 e. The number of hydrogen-bond donors (Lipinski definition) is 0. The van der Waals surface area contributed by atoms with Gasteiger partial charge in [-0.3, -0.25) is 0 Å². The van der Waals surface area contributed by atoms with E-state index in [0.717, 1.165) is 39.2 Å². The molecule has 24 heavy (non-hydrogen) atoms. The summed E-state index contributed by atoms with van der Waals surface area (Å²) in [5.41, 5.74) is 3.79. The van der Waals surface area contributed by atoms with Crippen molar-refractivity contribution >= 4 is 11.8 Å². The number of aromatic nitrogens is 2. The fraction of sp³-hybridized carbons (Fsp3) is 0.158. The molecule has 122 valence electrons. The molecule has 0 unspecified atom stereocenters. The first-order chi connectivity index (χ1) is 11.7. The molecule has 1 aromatic heterocycles. The van der Waals surface area contributed by atoms with Crippen LogP contribution in [0.15, 0.2) is 59.8 Å². The lowest BCUT2D eigenvalue weighted by Gasteiger charge is -2.09. The second kappa shape index (κ2) is 7.36. The Kier molecular flexibility index (Phi) is 5.01. The average molecular weight is 338 g/mol. The average Bonchev–Trinajstić information content (AvgIpc) is 2.67. The van der Waals surface area contributed by atoms with E-state index in [1.54, 1.807) is 14.2 Å². The van der Waals surface area contributed by atoms with Gasteiger partial charge in [-0.1, -0.05) is 23.9 Å². The Labute approximate surface area is 145 Å². The summed E-state index contributed by atoms with van der Waals surface area (Å²) in [6, 6.07) is 17.7. The van der Waals surface area contributed by atoms with Crippen molar-refractivity contribution in [2.75, 3.05) is 20.5 Å². The van der Waals surface area contributed by atoms with Gasteiger partial charge in [0.15, 0.2) is 5.16 Å². The first-order valence-electron chi connectivity index (χ1n) is 7.45. The van der Waals surface area contributed by atoms with Gasteiger partial charge >= 0.3 is 0 Å². The first kappa shape index (κ1) is 16.3. The topological polar surface area (TPSA) is 44.2 Å². The van der Waals surface area contributed by atoms with E-state index in [4.69, 9.17) is 9.47 Å². The van der Waals surface area contributed by atoms with E-state index in [1.165, 1.54) is 11.8 Å². The van der Waals surface area contributed by atoms with E-state index in [0.29, 0.717) is 0 Å². The summed E-state index contributed by atoms with van der Waals surface area (Å²) in [7, 11) is 3.32. The monoisotopic (exact) mass is 338 g/mol. The Morgan fingerprint density at radius 3 is 2.04 bits per heavy atom. The van der Waals surface area contributed by atoms with Gasteiger partial charge in [0, 0.05) is 11.1 Å². The summed E-state index contributed by atoms with van der Waals surface area (Å²) in [4.78, 5) is 9.25. The minimum absolute atomic E-state index is 0.737. The molecular weight excluding hydrogens is 320 g/mol. The van der Waals surface area contributed by atoms with Crippen molar-refractivity contribution in [2.24, 2.45) is 0 Å². The van der Waals surface area contributed by atoms with Crippen LogP contribution in [0.25, 0.3) is 22.5 Å². The van der Waals surface area contributed by atoms with Crippen LogP contribution >= 0.6 is 11.8 Å². The van der Waals surface area contributed by atoms with Crippen LogP contribution in [0, 0.1) is 0 Å². The maximum Gasteiger partial charge on any atom is 0.188 e. The number of rotatable bonds is 5. The highest BCUT2D eigenvalue weighted by Gasteiger charge is 2.09. The fourth-order valence-electron chi connectivity index (χ4n) is 2.36. The van der Waals surface area contributed by atoms with Gasteiger partial charge in [0.2, 0.25) is 0 Å². The summed E-state index contributed by atoms with van der Waals surface area (Å²) >= 11 is 1.53. The van der Waals surface area contributed by atoms with Crippen LogP contribution in [0.5, 0.6) is 11.5 Å². The van der Waals surface area contributed by atoms with Crippen molar-refractivity contribution in [2.45, 2.75) is 5.16 Å². The molecule has 1 heterocycles. The van der Waals surface area contributed by atoms with Crippen LogP contribution in [0.2, 0.25) is 0 Å². The van der Waals surface area contributed by atoms with E-state index in [1.807, 2.05) is 60.9 Å². The summed E-state index contributed by atoms with van der Waals surface area (Å²) < 4.78 is 10.5. The number of methoxy groups -OCH3 is 2. The number of thioether (sulfide) groups is 1. The number of ether oxygens (including phenoxy) is 2. The summed E-state index contributed by atoms with van der Waals surface area (Å²) in [6.45, 7) is 0. The Morgan fingerprint density at radius 1 is 0.750 bits per heavy atom. The normalized spacial score (nSPS) is 10.5. The zero-order valence-electron chi connectivity index (χ0n) is 13.8. The first-order valence-corrected chi connectivity index (χ1v) is 8.68. The molecule has 3 rings (SSSR count). The molecule has 5 heteroatoms. The van der Waals surface area contributed by atoms with Crippen LogP contribution in [0.4, 0.5) is 0 Å². The number of nitrogens with zero attached hydrogens (tertiary/aromatic N) is 2. The van der Waals surface area contributed by atoms with E-state index in [9.17, 15) is 0 Å². The molecule has 4 nitrogen and oxygen atoms in total. The molecule has 0 spiro atoms. The maximum absolute atomic E-state index is 5.31. The van der Waals surface area contributed by atoms with Crippen molar-refractivity contribution in [1.29, 1.82) is 0 Å². The quantitative estimate of drug-likeness (QED) is 0.504. The van der Waals surface area contributed by atoms with Crippen LogP contribution in [0.3, 0.4) is 0 Å². The third kappa shape index (κ3) is 3.51. The summed E-state index contributed by atoms with van der Waals surface area (Å²) in [6.07, 6.45) is 1.97. The molecule has 2 aromatic carbocycles. The Hall–Kier alpha value is -2.53. The predicted molar refractivity (Wildman–Crippen MR) is 97.8 cm³/mol. The van der Waals surface area contributed by atoms with Gasteiger partial charge < -0.3 is 9.47 Å². The molecule has 0 aliphatic heterocycles. The molecule has 0 fully saturated rings. The molecule has 0 saturated heterocycles. The molecule has 0 aliphatic rings. The van der Waals surface area contributed by atoms with Crippen LogP contribution in [0.1, 0.15) is 0 Å². The van der Waals surface area contributed by atoms with Crippen molar-refractivity contribution in [3.05, 3.63) is 54.6 Å². The molecule has 0 aliphatic carbocycles. The van der Waals surface area contributed by atoms with Crippen LogP contribution < -0.4 is 9.47 Å². The summed E-state index contributed by atoms with van der Waals surface area (Å²) in [5, 5.41) is 0.737. The number of hydrogen-bond acceptors (Lipinski definition) is 5. The molecule has 0 N–H and O–H groups in total. The molecule has 0 saturated carbocycles. The van der Waals surface area contributed by atoms with Crippen molar-refractivity contribution < 1.29 is 9.47 Å². The van der Waals surface area contributed by atoms with E-state index >= 15 is 0 Å². The lowest BCUT2D eigenvalue weighted by Crippen LogP contribution is -1.94. The predicted octanol–water partition coefficient (Wildman–Crippen LogP) is 4.55. The van der Waals surface area contributed by atoms with Gasteiger partial charge in [0.05, 0.1) is 25.6 Å². The highest BCUT2D eigenvalue weighted by atomic mass is 32.2. The lowest BCUT2D eigenvalue weighted by molar-refractivity contribution is 0.415. The van der Waals surface area contributed by atoms with Crippen molar-refractivity contribution in [3.8, 4) is 34.0 Å². The molecule has 0 amide bonds. The minimum Gasteiger partial charge on any atom is -0.497 e. The van der Waals surface area contributed by atoms with Gasteiger partial charge in [-0.25, -0.2) is 9.97 Å². The van der Waals surface area contributed by atoms with E-state index in [2.05, 4.69) is 9.97 Å². The molecule has 3 aromatic rings. The summed E-state index contributed by atoms with van der Waals surface area (Å²) in [5.74, 6) is 1.63. The Bertz CT molecular complexity index is 835. The molecule has 0 atom stereocenters. The Morgan fingerprint density at radius 2 is 1.42 bits per heavy atom. The van der Waals surface area contributed by atoms with Gasteiger partial charge in [-0.05, 0) is 48.7 Å². The second-order valence-corrected chi connectivity index (χ2v) is 5.86. The number of benzene rings is 2. The molecular formula is C19H18N2O2S. The second-order valence-electron chi connectivity index (χ2n) is 5.09. The van der Waals surface area contributed by atoms with E-state index < -0.39 is 0 Å². The van der Waals surface area contributed by atoms with Gasteiger partial charge in [-0.15, -0.1) is 0 Å². The molecule has 0 radical (unpaired) electrons. The van der Waals surface area contributed by atoms with Crippen molar-refractivity contribution in [3.63, 3.8) is 0 Å². The maximum atomic E-state index is 5.31. The standard InChI is InChI=1S/C19H18N2O2S/c1-22-15-9-7-13(8-10-15)17-12-18(21-19(20-17)24-3)14-5-4-6-16(11-14)23-2/h4-12H,1-3H3. The van der Waals surface area contributed by atoms with Crippen LogP contribution in [-0.4, -0.2) is 30.4 Å². The Balaban J connectivity index is 2.07. The van der Waals surface area contributed by atoms with Gasteiger partial charge in [0.1, 0.15) is 11.5 Å². The highest BCUT2D eigenvalue weighted by Crippen LogP contribution is 2.28. The minimum atomic E-state index is 0.737. The largest absolute Gasteiger partial charge is 0.497 e. The van der Waals surface area contributed by atoms with Crippen molar-refractivity contribution in [1.82, 2.24) is 9.97 Å². The van der Waals surface area contributed by atoms with Crippen LogP contribution in [-0.2, 0) is 0 Å². The SMILES string of the molecule is COc1ccc(-c2cc(-c3cccc(OC)c3)nc(SC)n2)cc1. The zero-order chi connectivity index (χ0) is 16.9. The lowest BCUT2D eigenvalue weighted by atomic mass is 10.1.